The van der Waals surface area contributed by atoms with E-state index in [1.807, 2.05) is 4.90 Å². The standard InChI is InChI=1S/C18H29NO2/c1-2-3-18(21)11-19(12-18)16(20)10-17-7-13-4-14(8-17)6-15(5-13)9-17/h13-15,21H,2-12H2,1H3. The number of carbonyl (C=O) groups is 1. The Kier molecular flexibility index (Phi) is 3.15. The molecule has 0 aromatic carbocycles. The van der Waals surface area contributed by atoms with Gasteiger partial charge in [0.15, 0.2) is 0 Å². The maximum Gasteiger partial charge on any atom is 0.223 e. The molecule has 0 aromatic heterocycles. The lowest BCUT2D eigenvalue weighted by molar-refractivity contribution is -0.163. The van der Waals surface area contributed by atoms with Crippen LogP contribution in [0.3, 0.4) is 0 Å². The van der Waals surface area contributed by atoms with Crippen LogP contribution >= 0.6 is 0 Å². The van der Waals surface area contributed by atoms with Gasteiger partial charge in [0, 0.05) is 6.42 Å². The van der Waals surface area contributed by atoms with Crippen molar-refractivity contribution in [1.29, 1.82) is 0 Å². The topological polar surface area (TPSA) is 40.5 Å². The summed E-state index contributed by atoms with van der Waals surface area (Å²) in [7, 11) is 0. The second-order valence-electron chi connectivity index (χ2n) is 8.82. The quantitative estimate of drug-likeness (QED) is 0.865. The van der Waals surface area contributed by atoms with Gasteiger partial charge >= 0.3 is 0 Å². The van der Waals surface area contributed by atoms with Crippen molar-refractivity contribution in [3.8, 4) is 0 Å². The van der Waals surface area contributed by atoms with Gasteiger partial charge in [0.1, 0.15) is 0 Å². The van der Waals surface area contributed by atoms with Crippen LogP contribution in [0.5, 0.6) is 0 Å². The van der Waals surface area contributed by atoms with E-state index >= 15 is 0 Å². The third-order valence-electron chi connectivity index (χ3n) is 6.73. The van der Waals surface area contributed by atoms with Crippen molar-refractivity contribution in [2.24, 2.45) is 23.2 Å². The molecule has 0 radical (unpaired) electrons. The zero-order valence-electron chi connectivity index (χ0n) is 13.3. The predicted octanol–water partition coefficient (Wildman–Crippen LogP) is 2.97. The zero-order valence-corrected chi connectivity index (χ0v) is 13.3. The molecule has 4 bridgehead atoms. The number of likely N-dealkylation sites (tertiary alicyclic amines) is 1. The molecular formula is C18H29NO2. The summed E-state index contributed by atoms with van der Waals surface area (Å²) in [6.07, 6.45) is 10.8. The van der Waals surface area contributed by atoms with Crippen LogP contribution in [0, 0.1) is 23.2 Å². The van der Waals surface area contributed by atoms with Crippen molar-refractivity contribution in [3.63, 3.8) is 0 Å². The van der Waals surface area contributed by atoms with Crippen LogP contribution in [-0.2, 0) is 4.79 Å². The van der Waals surface area contributed by atoms with E-state index in [0.29, 0.717) is 24.4 Å². The van der Waals surface area contributed by atoms with Gasteiger partial charge in [0.2, 0.25) is 5.91 Å². The molecule has 1 saturated heterocycles. The molecule has 1 N–H and O–H groups in total. The Morgan fingerprint density at radius 3 is 2.10 bits per heavy atom. The molecule has 5 fully saturated rings. The fourth-order valence-corrected chi connectivity index (χ4v) is 6.40. The Morgan fingerprint density at radius 2 is 1.62 bits per heavy atom. The van der Waals surface area contributed by atoms with Crippen molar-refractivity contribution < 1.29 is 9.90 Å². The largest absolute Gasteiger partial charge is 0.386 e. The van der Waals surface area contributed by atoms with Gasteiger partial charge in [-0.05, 0) is 68.1 Å². The Hall–Kier alpha value is -0.570. The van der Waals surface area contributed by atoms with Crippen LogP contribution in [-0.4, -0.2) is 34.6 Å². The first-order valence-corrected chi connectivity index (χ1v) is 8.99. The van der Waals surface area contributed by atoms with E-state index in [1.165, 1.54) is 38.5 Å². The summed E-state index contributed by atoms with van der Waals surface area (Å²) in [4.78, 5) is 14.5. The summed E-state index contributed by atoms with van der Waals surface area (Å²) in [6, 6.07) is 0. The smallest absolute Gasteiger partial charge is 0.223 e. The minimum Gasteiger partial charge on any atom is -0.386 e. The highest BCUT2D eigenvalue weighted by atomic mass is 16.3. The van der Waals surface area contributed by atoms with Crippen molar-refractivity contribution >= 4 is 5.91 Å². The lowest BCUT2D eigenvalue weighted by Crippen LogP contribution is -2.64. The summed E-state index contributed by atoms with van der Waals surface area (Å²) in [5, 5.41) is 10.3. The molecular weight excluding hydrogens is 262 g/mol. The van der Waals surface area contributed by atoms with Crippen molar-refractivity contribution in [2.75, 3.05) is 13.1 Å². The van der Waals surface area contributed by atoms with Gasteiger partial charge in [-0.25, -0.2) is 0 Å². The number of hydrogen-bond acceptors (Lipinski definition) is 2. The Labute approximate surface area is 128 Å². The molecule has 5 rings (SSSR count). The Morgan fingerprint density at radius 1 is 1.10 bits per heavy atom. The molecule has 5 aliphatic rings. The van der Waals surface area contributed by atoms with Crippen LogP contribution in [0.2, 0.25) is 0 Å². The summed E-state index contributed by atoms with van der Waals surface area (Å²) in [5.41, 5.74) is -0.240. The molecule has 4 saturated carbocycles. The van der Waals surface area contributed by atoms with E-state index in [4.69, 9.17) is 0 Å². The fourth-order valence-electron chi connectivity index (χ4n) is 6.40. The molecule has 0 unspecified atom stereocenters. The average Bonchev–Trinajstić information content (AvgIpc) is 2.33. The summed E-state index contributed by atoms with van der Waals surface area (Å²) in [5.74, 6) is 3.06. The lowest BCUT2D eigenvalue weighted by Gasteiger charge is -2.57. The number of carbonyl (C=O) groups excluding carboxylic acids is 1. The van der Waals surface area contributed by atoms with Gasteiger partial charge in [-0.2, -0.15) is 0 Å². The normalized spacial score (nSPS) is 43.0. The summed E-state index contributed by atoms with van der Waals surface area (Å²) >= 11 is 0. The number of hydrogen-bond donors (Lipinski definition) is 1. The molecule has 118 valence electrons. The first-order valence-electron chi connectivity index (χ1n) is 8.99. The van der Waals surface area contributed by atoms with Crippen LogP contribution < -0.4 is 0 Å². The Bertz CT molecular complexity index is 403. The molecule has 0 aromatic rings. The monoisotopic (exact) mass is 291 g/mol. The van der Waals surface area contributed by atoms with Crippen LogP contribution in [0.15, 0.2) is 0 Å². The molecule has 0 spiro atoms. The van der Waals surface area contributed by atoms with E-state index in [-0.39, 0.29) is 0 Å². The molecule has 21 heavy (non-hydrogen) atoms. The SMILES string of the molecule is CCCC1(O)CN(C(=O)CC23CC4CC(CC(C4)C2)C3)C1. The predicted molar refractivity (Wildman–Crippen MR) is 81.7 cm³/mol. The van der Waals surface area contributed by atoms with Gasteiger partial charge in [-0.3, -0.25) is 4.79 Å². The molecule has 1 heterocycles. The molecule has 3 nitrogen and oxygen atoms in total. The zero-order chi connectivity index (χ0) is 14.7. The fraction of sp³-hybridized carbons (Fsp3) is 0.944. The van der Waals surface area contributed by atoms with Gasteiger partial charge < -0.3 is 10.0 Å². The van der Waals surface area contributed by atoms with Crippen molar-refractivity contribution in [3.05, 3.63) is 0 Å². The van der Waals surface area contributed by atoms with Crippen LogP contribution in [0.25, 0.3) is 0 Å². The Balaban J connectivity index is 1.37. The van der Waals surface area contributed by atoms with Gasteiger partial charge in [0.25, 0.3) is 0 Å². The first kappa shape index (κ1) is 14.0. The van der Waals surface area contributed by atoms with Crippen molar-refractivity contribution in [2.45, 2.75) is 70.3 Å². The van der Waals surface area contributed by atoms with Crippen LogP contribution in [0.1, 0.15) is 64.7 Å². The maximum absolute atomic E-state index is 12.6. The van der Waals surface area contributed by atoms with Crippen LogP contribution in [0.4, 0.5) is 0 Å². The van der Waals surface area contributed by atoms with Crippen molar-refractivity contribution in [1.82, 2.24) is 4.90 Å². The van der Waals surface area contributed by atoms with Gasteiger partial charge in [-0.1, -0.05) is 13.3 Å². The summed E-state index contributed by atoms with van der Waals surface area (Å²) < 4.78 is 0. The van der Waals surface area contributed by atoms with E-state index in [0.717, 1.165) is 37.0 Å². The first-order chi connectivity index (χ1) is 9.99. The average molecular weight is 291 g/mol. The van der Waals surface area contributed by atoms with E-state index in [1.54, 1.807) is 0 Å². The minimum atomic E-state index is -0.577. The number of aliphatic hydroxyl groups is 1. The number of β-amino-alcohol motifs (C(OH)–C–C–N with tert-alkyl or cyclic N) is 1. The maximum atomic E-state index is 12.6. The molecule has 4 aliphatic carbocycles. The summed E-state index contributed by atoms with van der Waals surface area (Å²) in [6.45, 7) is 3.25. The highest BCUT2D eigenvalue weighted by Gasteiger charge is 2.53. The lowest BCUT2D eigenvalue weighted by atomic mass is 9.49. The second kappa shape index (κ2) is 4.71. The molecule has 1 amide bonds. The molecule has 1 aliphatic heterocycles. The van der Waals surface area contributed by atoms with E-state index < -0.39 is 5.60 Å². The third kappa shape index (κ3) is 2.42. The van der Waals surface area contributed by atoms with E-state index in [9.17, 15) is 9.90 Å². The number of amides is 1. The second-order valence-corrected chi connectivity index (χ2v) is 8.82. The third-order valence-corrected chi connectivity index (χ3v) is 6.73. The van der Waals surface area contributed by atoms with Gasteiger partial charge in [-0.15, -0.1) is 0 Å². The molecule has 3 heteroatoms. The van der Waals surface area contributed by atoms with Gasteiger partial charge in [0.05, 0.1) is 18.7 Å². The highest BCUT2D eigenvalue weighted by molar-refractivity contribution is 5.78. The number of rotatable bonds is 4. The highest BCUT2D eigenvalue weighted by Crippen LogP contribution is 2.61. The number of nitrogens with zero attached hydrogens (tertiary/aromatic N) is 1. The van der Waals surface area contributed by atoms with E-state index in [2.05, 4.69) is 6.92 Å². The molecule has 0 atom stereocenters. The minimum absolute atomic E-state index is 0.317.